The number of aromatic nitrogens is 3. The van der Waals surface area contributed by atoms with Crippen molar-refractivity contribution in [2.45, 2.75) is 19.5 Å². The molecule has 0 bridgehead atoms. The average Bonchev–Trinajstić information content (AvgIpc) is 3.12. The van der Waals surface area contributed by atoms with E-state index in [1.807, 2.05) is 18.2 Å². The van der Waals surface area contributed by atoms with Crippen molar-refractivity contribution in [2.24, 2.45) is 0 Å². The van der Waals surface area contributed by atoms with Crippen molar-refractivity contribution in [2.75, 3.05) is 16.8 Å². The maximum Gasteiger partial charge on any atom is 0.196 e. The minimum Gasteiger partial charge on any atom is -0.334 e. The van der Waals surface area contributed by atoms with Crippen LogP contribution in [-0.2, 0) is 6.42 Å². The third kappa shape index (κ3) is 1.72. The molecule has 5 rings (SSSR count). The number of aryl methyl sites for hydroxylation is 1. The largest absolute Gasteiger partial charge is 0.334 e. The van der Waals surface area contributed by atoms with Gasteiger partial charge in [-0.3, -0.25) is 0 Å². The Morgan fingerprint density at radius 3 is 2.62 bits per heavy atom. The smallest absolute Gasteiger partial charge is 0.196 e. The Morgan fingerprint density at radius 1 is 0.958 bits per heavy atom. The van der Waals surface area contributed by atoms with Gasteiger partial charge in [-0.25, -0.2) is 4.98 Å². The molecule has 1 aromatic heterocycles. The van der Waals surface area contributed by atoms with Gasteiger partial charge in [-0.05, 0) is 24.1 Å². The number of likely N-dealkylation sites (N-methyl/N-ethyl adjacent to an activating group) is 1. The Labute approximate surface area is 140 Å². The molecule has 0 fully saturated rings. The van der Waals surface area contributed by atoms with Gasteiger partial charge < -0.3 is 9.80 Å². The zero-order chi connectivity index (χ0) is 16.3. The van der Waals surface area contributed by atoms with Crippen LogP contribution < -0.4 is 9.80 Å². The molecule has 0 spiro atoms. The molecule has 118 valence electrons. The summed E-state index contributed by atoms with van der Waals surface area (Å²) in [5, 5.41) is 8.87. The SMILES string of the molecule is Cc1ccccc1-c1nnc2c(n1)N1c3ccccc3CC1N2C. The summed E-state index contributed by atoms with van der Waals surface area (Å²) in [6.07, 6.45) is 1.22. The van der Waals surface area contributed by atoms with Crippen molar-refractivity contribution in [1.29, 1.82) is 0 Å². The summed E-state index contributed by atoms with van der Waals surface area (Å²) in [7, 11) is 2.07. The second-order valence-electron chi connectivity index (χ2n) is 6.39. The van der Waals surface area contributed by atoms with E-state index in [0.717, 1.165) is 29.2 Å². The van der Waals surface area contributed by atoms with Crippen molar-refractivity contribution in [3.63, 3.8) is 0 Å². The van der Waals surface area contributed by atoms with Crippen molar-refractivity contribution in [1.82, 2.24) is 15.2 Å². The zero-order valence-electron chi connectivity index (χ0n) is 13.6. The van der Waals surface area contributed by atoms with Gasteiger partial charge in [-0.1, -0.05) is 42.5 Å². The molecule has 0 aliphatic carbocycles. The molecule has 0 saturated carbocycles. The number of benzene rings is 2. The van der Waals surface area contributed by atoms with Gasteiger partial charge in [-0.2, -0.15) is 0 Å². The van der Waals surface area contributed by atoms with Gasteiger partial charge in [0.2, 0.25) is 0 Å². The molecule has 2 aliphatic rings. The minimum atomic E-state index is 0.242. The number of fused-ring (bicyclic) bond motifs is 5. The fourth-order valence-electron chi connectivity index (χ4n) is 3.71. The summed E-state index contributed by atoms with van der Waals surface area (Å²) >= 11 is 0. The van der Waals surface area contributed by atoms with Gasteiger partial charge in [0.25, 0.3) is 0 Å². The van der Waals surface area contributed by atoms with E-state index < -0.39 is 0 Å². The Bertz CT molecular complexity index is 952. The predicted molar refractivity (Wildman–Crippen MR) is 94.5 cm³/mol. The normalized spacial score (nSPS) is 17.7. The highest BCUT2D eigenvalue weighted by molar-refractivity contribution is 5.83. The molecule has 0 N–H and O–H groups in total. The van der Waals surface area contributed by atoms with Gasteiger partial charge in [-0.15, -0.1) is 10.2 Å². The third-order valence-electron chi connectivity index (χ3n) is 5.00. The molecular weight excluding hydrogens is 298 g/mol. The quantitative estimate of drug-likeness (QED) is 0.689. The van der Waals surface area contributed by atoms with Crippen molar-refractivity contribution in [3.8, 4) is 11.4 Å². The standard InChI is InChI=1S/C19H17N5/c1-12-7-3-5-9-14(12)17-20-18-19(22-21-17)23(2)16-11-13-8-4-6-10-15(13)24(16)18/h3-10,16H,11H2,1-2H3. The van der Waals surface area contributed by atoms with Crippen LogP contribution in [0.4, 0.5) is 17.3 Å². The number of hydrogen-bond acceptors (Lipinski definition) is 5. The predicted octanol–water partition coefficient (Wildman–Crippen LogP) is 3.32. The first-order chi connectivity index (χ1) is 11.7. The zero-order valence-corrected chi connectivity index (χ0v) is 13.6. The molecule has 0 radical (unpaired) electrons. The first kappa shape index (κ1) is 13.5. The van der Waals surface area contributed by atoms with Crippen molar-refractivity contribution in [3.05, 3.63) is 59.7 Å². The van der Waals surface area contributed by atoms with Crippen molar-refractivity contribution >= 4 is 17.3 Å². The van der Waals surface area contributed by atoms with Crippen LogP contribution in [0.1, 0.15) is 11.1 Å². The van der Waals surface area contributed by atoms with E-state index in [1.54, 1.807) is 0 Å². The van der Waals surface area contributed by atoms with Crippen LogP contribution in [0.15, 0.2) is 48.5 Å². The fraction of sp³-hybridized carbons (Fsp3) is 0.211. The van der Waals surface area contributed by atoms with E-state index in [4.69, 9.17) is 4.98 Å². The first-order valence-corrected chi connectivity index (χ1v) is 8.15. The van der Waals surface area contributed by atoms with Gasteiger partial charge in [0.1, 0.15) is 6.17 Å². The number of nitrogens with zero attached hydrogens (tertiary/aromatic N) is 5. The van der Waals surface area contributed by atoms with Gasteiger partial charge in [0.05, 0.1) is 0 Å². The Balaban J connectivity index is 1.69. The molecule has 5 heteroatoms. The highest BCUT2D eigenvalue weighted by atomic mass is 15.5. The van der Waals surface area contributed by atoms with E-state index in [-0.39, 0.29) is 6.17 Å². The van der Waals surface area contributed by atoms with E-state index in [0.29, 0.717) is 5.82 Å². The van der Waals surface area contributed by atoms with Gasteiger partial charge in [0.15, 0.2) is 17.5 Å². The summed E-state index contributed by atoms with van der Waals surface area (Å²) in [5.41, 5.74) is 4.77. The molecule has 24 heavy (non-hydrogen) atoms. The maximum absolute atomic E-state index is 4.89. The molecule has 2 aromatic carbocycles. The van der Waals surface area contributed by atoms with Gasteiger partial charge >= 0.3 is 0 Å². The number of anilines is 3. The Hall–Kier alpha value is -2.95. The lowest BCUT2D eigenvalue weighted by Crippen LogP contribution is -2.36. The summed E-state index contributed by atoms with van der Waals surface area (Å²) in [6, 6.07) is 16.7. The topological polar surface area (TPSA) is 45.2 Å². The summed E-state index contributed by atoms with van der Waals surface area (Å²) in [6.45, 7) is 2.08. The van der Waals surface area contributed by atoms with E-state index >= 15 is 0 Å². The van der Waals surface area contributed by atoms with E-state index in [9.17, 15) is 0 Å². The highest BCUT2D eigenvalue weighted by Crippen LogP contribution is 2.47. The molecule has 5 nitrogen and oxygen atoms in total. The van der Waals surface area contributed by atoms with Crippen molar-refractivity contribution < 1.29 is 0 Å². The molecule has 1 atom stereocenters. The fourth-order valence-corrected chi connectivity index (χ4v) is 3.71. The Kier molecular flexibility index (Phi) is 2.68. The molecule has 1 unspecified atom stereocenters. The van der Waals surface area contributed by atoms with Crippen LogP contribution in [-0.4, -0.2) is 28.4 Å². The molecule has 2 aliphatic heterocycles. The third-order valence-corrected chi connectivity index (χ3v) is 5.00. The molecular formula is C19H17N5. The second kappa shape index (κ2) is 4.77. The highest BCUT2D eigenvalue weighted by Gasteiger charge is 2.43. The van der Waals surface area contributed by atoms with Crippen LogP contribution in [0, 0.1) is 6.92 Å². The van der Waals surface area contributed by atoms with E-state index in [1.165, 1.54) is 11.3 Å². The van der Waals surface area contributed by atoms with Crippen LogP contribution in [0.5, 0.6) is 0 Å². The summed E-state index contributed by atoms with van der Waals surface area (Å²) in [4.78, 5) is 9.36. The minimum absolute atomic E-state index is 0.242. The number of rotatable bonds is 1. The average molecular weight is 315 g/mol. The summed E-state index contributed by atoms with van der Waals surface area (Å²) in [5.74, 6) is 2.44. The number of hydrogen-bond donors (Lipinski definition) is 0. The van der Waals surface area contributed by atoms with Crippen LogP contribution in [0.2, 0.25) is 0 Å². The molecule has 0 saturated heterocycles. The lowest BCUT2D eigenvalue weighted by atomic mass is 10.1. The summed E-state index contributed by atoms with van der Waals surface area (Å²) < 4.78 is 0. The lowest BCUT2D eigenvalue weighted by Gasteiger charge is -2.22. The molecule has 3 heterocycles. The second-order valence-corrected chi connectivity index (χ2v) is 6.39. The Morgan fingerprint density at radius 2 is 1.75 bits per heavy atom. The van der Waals surface area contributed by atoms with Crippen LogP contribution >= 0.6 is 0 Å². The van der Waals surface area contributed by atoms with Crippen LogP contribution in [0.25, 0.3) is 11.4 Å². The first-order valence-electron chi connectivity index (χ1n) is 8.15. The monoisotopic (exact) mass is 315 g/mol. The molecule has 3 aromatic rings. The van der Waals surface area contributed by atoms with Gasteiger partial charge in [0, 0.05) is 24.7 Å². The van der Waals surface area contributed by atoms with Crippen LogP contribution in [0.3, 0.4) is 0 Å². The molecule has 0 amide bonds. The number of para-hydroxylation sites is 1. The lowest BCUT2D eigenvalue weighted by molar-refractivity contribution is 0.696. The maximum atomic E-state index is 4.89. The van der Waals surface area contributed by atoms with E-state index in [2.05, 4.69) is 64.3 Å².